The average Bonchev–Trinajstić information content (AvgIpc) is 3.00. The lowest BCUT2D eigenvalue weighted by Gasteiger charge is -2.30. The Labute approximate surface area is 274 Å². The van der Waals surface area contributed by atoms with Gasteiger partial charge in [-0.15, -0.1) is 0 Å². The summed E-state index contributed by atoms with van der Waals surface area (Å²) in [6, 6.07) is 5.61. The third kappa shape index (κ3) is 21.4. The number of carbonyl (C=O) groups is 3. The summed E-state index contributed by atoms with van der Waals surface area (Å²) in [5.74, 6) is 13.9. The van der Waals surface area contributed by atoms with E-state index in [-0.39, 0.29) is 98.6 Å². The summed E-state index contributed by atoms with van der Waals surface area (Å²) in [5, 5.41) is 8.23. The van der Waals surface area contributed by atoms with Crippen molar-refractivity contribution in [1.82, 2.24) is 20.9 Å². The Morgan fingerprint density at radius 1 is 0.739 bits per heavy atom. The van der Waals surface area contributed by atoms with Crippen LogP contribution in [0.5, 0.6) is 5.75 Å². The number of carbonyl (C=O) groups excluding carboxylic acids is 3. The molecule has 264 valence electrons. The monoisotopic (exact) mass is 697 g/mol. The van der Waals surface area contributed by atoms with Crippen LogP contribution in [-0.2, 0) is 54.1 Å². The van der Waals surface area contributed by atoms with Crippen molar-refractivity contribution < 1.29 is 52.2 Å². The number of amides is 3. The molecule has 2 unspecified atom stereocenters. The Kier molecular flexibility index (Phi) is 23.2. The molecule has 2 atom stereocenters. The Hall–Kier alpha value is -2.39. The van der Waals surface area contributed by atoms with E-state index in [2.05, 4.69) is 42.7 Å². The maximum atomic E-state index is 13.5. The van der Waals surface area contributed by atoms with Crippen molar-refractivity contribution in [1.29, 1.82) is 0 Å². The van der Waals surface area contributed by atoms with Gasteiger partial charge in [-0.05, 0) is 24.1 Å². The first kappa shape index (κ1) is 41.6. The molecular weight excluding hydrogens is 649 g/mol. The molecule has 1 rings (SSSR count). The van der Waals surface area contributed by atoms with E-state index in [0.717, 1.165) is 0 Å². The van der Waals surface area contributed by atoms with Crippen LogP contribution in [0.2, 0.25) is 0 Å². The average molecular weight is 698 g/mol. The number of rotatable bonds is 28. The van der Waals surface area contributed by atoms with Crippen LogP contribution < -0.4 is 38.2 Å². The molecule has 0 spiro atoms. The molecule has 0 aliphatic heterocycles. The van der Waals surface area contributed by atoms with Crippen LogP contribution >= 0.6 is 18.8 Å². The molecule has 0 fully saturated rings. The van der Waals surface area contributed by atoms with Crippen molar-refractivity contribution in [3.63, 3.8) is 0 Å². The number of nitrogens with one attached hydrogen (secondary N) is 3. The Balaban J connectivity index is 3.09. The van der Waals surface area contributed by atoms with Crippen molar-refractivity contribution in [3.05, 3.63) is 29.8 Å². The molecule has 0 aliphatic carbocycles. The van der Waals surface area contributed by atoms with Crippen molar-refractivity contribution in [2.75, 3.05) is 98.9 Å². The first-order valence-corrected chi connectivity index (χ1v) is 17.6. The lowest BCUT2D eigenvalue weighted by molar-refractivity contribution is -0.131. The van der Waals surface area contributed by atoms with Crippen molar-refractivity contribution >= 4 is 36.5 Å². The minimum absolute atomic E-state index is 0.115. The summed E-state index contributed by atoms with van der Waals surface area (Å²) in [6.45, 7) is 0.137. The zero-order valence-corrected chi connectivity index (χ0v) is 27.8. The number of ether oxygens (including phenoxy) is 3. The van der Waals surface area contributed by atoms with Crippen LogP contribution in [0.3, 0.4) is 0 Å². The molecule has 18 nitrogen and oxygen atoms in total. The maximum absolute atomic E-state index is 13.5. The maximum Gasteiger partial charge on any atom is 0.297 e. The highest BCUT2D eigenvalue weighted by atomic mass is 32.7. The molecule has 1 aromatic rings. The zero-order valence-electron chi connectivity index (χ0n) is 26.1. The molecule has 0 heterocycles. The van der Waals surface area contributed by atoms with Crippen LogP contribution in [0.4, 0.5) is 0 Å². The van der Waals surface area contributed by atoms with E-state index in [0.29, 0.717) is 11.3 Å². The summed E-state index contributed by atoms with van der Waals surface area (Å²) in [5.41, 5.74) is 0.686. The predicted molar refractivity (Wildman–Crippen MR) is 171 cm³/mol. The van der Waals surface area contributed by atoms with E-state index >= 15 is 0 Å². The van der Waals surface area contributed by atoms with E-state index in [1.165, 1.54) is 11.6 Å². The van der Waals surface area contributed by atoms with Gasteiger partial charge in [0.1, 0.15) is 5.75 Å². The Morgan fingerprint density at radius 2 is 1.17 bits per heavy atom. The summed E-state index contributed by atoms with van der Waals surface area (Å²) in [7, 11) is 0. The molecule has 20 heteroatoms. The molecule has 0 aliphatic rings. The van der Waals surface area contributed by atoms with E-state index in [4.69, 9.17) is 36.4 Å². The second-order valence-corrected chi connectivity index (χ2v) is 13.6. The van der Waals surface area contributed by atoms with Crippen molar-refractivity contribution in [2.24, 2.45) is 17.7 Å². The van der Waals surface area contributed by atoms with Gasteiger partial charge in [0, 0.05) is 26.3 Å². The largest absolute Gasteiger partial charge is 0.436 e. The third-order valence-corrected chi connectivity index (χ3v) is 6.58. The van der Waals surface area contributed by atoms with Crippen LogP contribution in [0, 0.1) is 0 Å². The Bertz CT molecular complexity index is 1010. The molecule has 0 radical (unpaired) electrons. The number of benzene rings is 1. The fourth-order valence-electron chi connectivity index (χ4n) is 3.77. The van der Waals surface area contributed by atoms with Crippen LogP contribution in [0.15, 0.2) is 24.3 Å². The third-order valence-electron chi connectivity index (χ3n) is 5.78. The van der Waals surface area contributed by atoms with Crippen molar-refractivity contribution in [2.45, 2.75) is 12.5 Å². The van der Waals surface area contributed by atoms with E-state index in [9.17, 15) is 18.9 Å². The molecule has 1 aromatic carbocycles. The van der Waals surface area contributed by atoms with Gasteiger partial charge in [-0.2, -0.15) is 0 Å². The highest BCUT2D eigenvalue weighted by molar-refractivity contribution is 8.46. The number of hydrogen-bond acceptors (Lipinski definition) is 15. The highest BCUT2D eigenvalue weighted by Crippen LogP contribution is 2.47. The molecule has 46 heavy (non-hydrogen) atoms. The minimum atomic E-state index is -3.09. The first-order valence-electron chi connectivity index (χ1n) is 14.4. The van der Waals surface area contributed by atoms with E-state index in [1.807, 2.05) is 0 Å². The molecule has 0 saturated heterocycles. The summed E-state index contributed by atoms with van der Waals surface area (Å²) < 4.78 is 33.3. The zero-order chi connectivity index (χ0) is 34.0. The fraction of sp³-hybridized carbons (Fsp3) is 0.654. The van der Waals surface area contributed by atoms with Crippen LogP contribution in [0.1, 0.15) is 5.56 Å². The molecule has 0 bridgehead atoms. The molecular formula is C26H48N7O11PS. The normalized spacial score (nSPS) is 13.2. The second-order valence-electron chi connectivity index (χ2n) is 9.60. The molecule has 0 aromatic heterocycles. The molecule has 3 amide bonds. The van der Waals surface area contributed by atoms with Gasteiger partial charge in [0.2, 0.25) is 17.7 Å². The van der Waals surface area contributed by atoms with Gasteiger partial charge in [-0.3, -0.25) is 23.8 Å². The number of nitrogens with zero attached hydrogens (tertiary/aromatic N) is 1. The fourth-order valence-corrected chi connectivity index (χ4v) is 4.56. The summed E-state index contributed by atoms with van der Waals surface area (Å²) >= 11 is 3.95. The minimum Gasteiger partial charge on any atom is -0.436 e. The van der Waals surface area contributed by atoms with Gasteiger partial charge in [-0.1, -0.05) is 24.4 Å². The van der Waals surface area contributed by atoms with Gasteiger partial charge in [0.25, 0.3) is 6.57 Å². The topological polar surface area (TPSA) is 250 Å². The predicted octanol–water partition coefficient (Wildman–Crippen LogP) is -1.90. The molecule has 0 saturated carbocycles. The Morgan fingerprint density at radius 3 is 1.59 bits per heavy atom. The second kappa shape index (κ2) is 25.7. The van der Waals surface area contributed by atoms with Gasteiger partial charge >= 0.3 is 0 Å². The van der Waals surface area contributed by atoms with E-state index < -0.39 is 30.3 Å². The van der Waals surface area contributed by atoms with E-state index in [1.54, 1.807) is 24.3 Å². The first-order chi connectivity index (χ1) is 22.1. The lowest BCUT2D eigenvalue weighted by Crippen LogP contribution is -2.54. The van der Waals surface area contributed by atoms with Gasteiger partial charge in [-0.25, -0.2) is 17.7 Å². The van der Waals surface area contributed by atoms with Crippen LogP contribution in [0.25, 0.3) is 0 Å². The number of thiol groups is 1. The smallest absolute Gasteiger partial charge is 0.297 e. The summed E-state index contributed by atoms with van der Waals surface area (Å²) in [6.07, 6.45) is 0.115. The highest BCUT2D eigenvalue weighted by Gasteiger charge is 2.29. The number of hydrogen-bond donors (Lipinski definition) is 7. The number of nitrogens with two attached hydrogens (primary N) is 3. The van der Waals surface area contributed by atoms with Crippen molar-refractivity contribution in [3.8, 4) is 5.75 Å². The lowest BCUT2D eigenvalue weighted by atomic mass is 10.0. The van der Waals surface area contributed by atoms with Crippen LogP contribution in [-0.4, -0.2) is 128 Å². The summed E-state index contributed by atoms with van der Waals surface area (Å²) in [4.78, 5) is 54.2. The van der Waals surface area contributed by atoms with Gasteiger partial charge in [0.15, 0.2) is 0 Å². The quantitative estimate of drug-likeness (QED) is 0.0219. The standard InChI is InChI=1S/C26H48N7O11PS/c1-45(37,46)44-22-4-2-21(3-5-22)18-23(26(36)32-8-11-40-14-17-43-29)33(19-24(34)30-6-9-38-12-15-41-27)20-25(35)31-7-10-39-13-16-42-28/h2-5,23H,6-20,27-29H2,1H3,(H,30,34)(H,31,35)(H,32,36)(H,37,46). The molecule has 9 N–H and O–H groups in total. The SMILES string of the molecule is CP(=O)(S)Oc1ccc(CC(C(=O)NCCOCCON)N(CC(=O)NCCOCCON)CC(=O)NCCOCCON)cc1. The van der Waals surface area contributed by atoms with Gasteiger partial charge in [0.05, 0.1) is 78.6 Å². The van der Waals surface area contributed by atoms with Gasteiger partial charge < -0.3 is 49.2 Å².